The molecule has 1 nitrogen and oxygen atoms in total. The molecule has 1 aromatic rings. The molecule has 80 valence electrons. The molecule has 2 aliphatic carbocycles. The van der Waals surface area contributed by atoms with Crippen LogP contribution in [-0.4, -0.2) is 52.9 Å². The minimum absolute atomic E-state index is 0.101. The molecule has 0 spiro atoms. The number of fused-ring (bicyclic) bond motifs is 3. The highest BCUT2D eigenvalue weighted by atomic mass is 32.1. The highest BCUT2D eigenvalue weighted by Gasteiger charge is 2.52. The summed E-state index contributed by atoms with van der Waals surface area (Å²) < 4.78 is 0. The first-order valence-electron chi connectivity index (χ1n) is 6.01. The van der Waals surface area contributed by atoms with E-state index in [1.165, 1.54) is 11.3 Å². The summed E-state index contributed by atoms with van der Waals surface area (Å²) in [5, 5.41) is -4.64. The zero-order chi connectivity index (χ0) is 14.2. The van der Waals surface area contributed by atoms with Crippen molar-refractivity contribution >= 4 is 64.2 Å². The largest absolute Gasteiger partial charge is 0.293 e. The summed E-state index contributed by atoms with van der Waals surface area (Å²) in [6.45, 7) is 0. The molecule has 1 aromatic heterocycles. The molecule has 19 heavy (non-hydrogen) atoms. The minimum atomic E-state index is -1.66. The van der Waals surface area contributed by atoms with Gasteiger partial charge in [0.05, 0.1) is 52.0 Å². The summed E-state index contributed by atoms with van der Waals surface area (Å²) in [7, 11) is 36.4. The van der Waals surface area contributed by atoms with Crippen LogP contribution in [0.4, 0.5) is 0 Å². The molecule has 0 unspecified atom stereocenters. The Balaban J connectivity index is 2.29. The van der Waals surface area contributed by atoms with Gasteiger partial charge in [0, 0.05) is 11.3 Å². The van der Waals surface area contributed by atoms with E-state index < -0.39 is 15.6 Å². The Bertz CT molecular complexity index is 588. The van der Waals surface area contributed by atoms with Crippen molar-refractivity contribution in [2.24, 2.45) is 0 Å². The maximum atomic E-state index is 11.8. The number of carbonyl (C=O) groups excluding carboxylic acids is 1. The standard InChI is InChI=1S/C11H6B6OS/c12-9(13)3-6-7(10(14,15)11(9,16)17)4-1-2-5(18)8(4)19-6/h1-3H2. The number of ketones is 1. The average molecular weight is 251 g/mol. The Morgan fingerprint density at radius 2 is 1.63 bits per heavy atom. The fourth-order valence-electron chi connectivity index (χ4n) is 2.94. The van der Waals surface area contributed by atoms with E-state index in [1.54, 1.807) is 0 Å². The van der Waals surface area contributed by atoms with Crippen molar-refractivity contribution in [3.63, 3.8) is 0 Å². The number of carbonyl (C=O) groups is 1. The highest BCUT2D eigenvalue weighted by molar-refractivity contribution is 7.14. The quantitative estimate of drug-likeness (QED) is 0.585. The van der Waals surface area contributed by atoms with Crippen molar-refractivity contribution in [3.05, 3.63) is 20.9 Å². The molecule has 0 aromatic carbocycles. The third kappa shape index (κ3) is 1.53. The van der Waals surface area contributed by atoms with E-state index in [0.717, 1.165) is 10.4 Å². The Labute approximate surface area is 125 Å². The molecule has 0 fully saturated rings. The van der Waals surface area contributed by atoms with Gasteiger partial charge in [-0.2, -0.15) is 0 Å². The molecule has 0 atom stereocenters. The monoisotopic (exact) mass is 252 g/mol. The second kappa shape index (κ2) is 3.69. The number of Topliss-reactive ketones (excluding diaryl/α,β-unsaturated/α-hetero) is 1. The van der Waals surface area contributed by atoms with Crippen LogP contribution in [0.5, 0.6) is 0 Å². The van der Waals surface area contributed by atoms with Gasteiger partial charge in [0.1, 0.15) is 0 Å². The normalized spacial score (nSPS) is 25.8. The molecule has 0 amide bonds. The molecule has 3 rings (SSSR count). The Kier molecular flexibility index (Phi) is 2.67. The predicted octanol–water partition coefficient (Wildman–Crippen LogP) is -0.171. The third-order valence-corrected chi connectivity index (χ3v) is 5.53. The fraction of sp³-hybridized carbons (Fsp3) is 0.545. The van der Waals surface area contributed by atoms with E-state index in [9.17, 15) is 4.79 Å². The van der Waals surface area contributed by atoms with Gasteiger partial charge in [-0.1, -0.05) is 5.21 Å². The average Bonchev–Trinajstić information content (AvgIpc) is 2.76. The van der Waals surface area contributed by atoms with Gasteiger partial charge in [-0.3, -0.25) is 4.79 Å². The van der Waals surface area contributed by atoms with Crippen LogP contribution < -0.4 is 0 Å². The summed E-state index contributed by atoms with van der Waals surface area (Å²) in [5.41, 5.74) is 1.53. The first kappa shape index (κ1) is 13.7. The molecular formula is C11H6B6OS. The summed E-state index contributed by atoms with van der Waals surface area (Å²) >= 11 is 1.36. The van der Waals surface area contributed by atoms with E-state index >= 15 is 0 Å². The van der Waals surface area contributed by atoms with Crippen LogP contribution in [0, 0.1) is 0 Å². The van der Waals surface area contributed by atoms with Crippen molar-refractivity contribution in [1.82, 2.24) is 0 Å². The molecule has 0 aliphatic heterocycles. The highest BCUT2D eigenvalue weighted by Crippen LogP contribution is 2.61. The number of hydrogen-bond acceptors (Lipinski definition) is 2. The van der Waals surface area contributed by atoms with Crippen molar-refractivity contribution in [1.29, 1.82) is 0 Å². The number of rotatable bonds is 0. The Morgan fingerprint density at radius 1 is 1.00 bits per heavy atom. The van der Waals surface area contributed by atoms with Gasteiger partial charge in [-0.15, -0.1) is 21.8 Å². The molecule has 12 radical (unpaired) electrons. The summed E-state index contributed by atoms with van der Waals surface area (Å²) in [4.78, 5) is 13.3. The molecule has 1 heterocycles. The molecular weight excluding hydrogens is 245 g/mol. The fourth-order valence-corrected chi connectivity index (χ4v) is 4.44. The van der Waals surface area contributed by atoms with Gasteiger partial charge < -0.3 is 0 Å². The van der Waals surface area contributed by atoms with Gasteiger partial charge in [-0.25, -0.2) is 0 Å². The second-order valence-electron chi connectivity index (χ2n) is 5.59. The first-order valence-corrected chi connectivity index (χ1v) is 6.83. The van der Waals surface area contributed by atoms with E-state index in [0.29, 0.717) is 23.3 Å². The molecule has 0 saturated carbocycles. The van der Waals surface area contributed by atoms with Crippen molar-refractivity contribution in [2.75, 3.05) is 0 Å². The molecule has 8 heteroatoms. The van der Waals surface area contributed by atoms with E-state index in [2.05, 4.69) is 0 Å². The lowest BCUT2D eigenvalue weighted by Gasteiger charge is -2.59. The van der Waals surface area contributed by atoms with Crippen molar-refractivity contribution < 1.29 is 4.79 Å². The van der Waals surface area contributed by atoms with Gasteiger partial charge in [-0.05, 0) is 24.0 Å². The van der Waals surface area contributed by atoms with Gasteiger partial charge in [0.15, 0.2) is 5.78 Å². The smallest absolute Gasteiger partial charge is 0.173 e. The maximum Gasteiger partial charge on any atom is 0.173 e. The van der Waals surface area contributed by atoms with Gasteiger partial charge in [0.2, 0.25) is 0 Å². The Hall–Kier alpha value is -0.240. The zero-order valence-corrected chi connectivity index (χ0v) is 11.2. The van der Waals surface area contributed by atoms with Crippen LogP contribution in [0.3, 0.4) is 0 Å². The lowest BCUT2D eigenvalue weighted by Crippen LogP contribution is -2.54. The SMILES string of the molecule is [B]C1([B])Cc2sc3c(c2C([B])([B])C1([B])[B])CCC3=O. The van der Waals surface area contributed by atoms with Crippen LogP contribution in [0.15, 0.2) is 0 Å². The lowest BCUT2D eigenvalue weighted by molar-refractivity contribution is 0.0998. The summed E-state index contributed by atoms with van der Waals surface area (Å²) in [5.74, 6) is 0.101. The van der Waals surface area contributed by atoms with Crippen LogP contribution in [0.2, 0.25) is 10.4 Å². The van der Waals surface area contributed by atoms with Crippen LogP contribution in [0.25, 0.3) is 0 Å². The van der Waals surface area contributed by atoms with Crippen molar-refractivity contribution in [3.8, 4) is 0 Å². The molecule has 0 N–H and O–H groups in total. The second-order valence-corrected chi connectivity index (χ2v) is 6.69. The van der Waals surface area contributed by atoms with E-state index in [4.69, 9.17) is 47.1 Å². The van der Waals surface area contributed by atoms with Gasteiger partial charge >= 0.3 is 0 Å². The molecule has 0 saturated heterocycles. The predicted molar refractivity (Wildman–Crippen MR) is 82.3 cm³/mol. The summed E-state index contributed by atoms with van der Waals surface area (Å²) in [6, 6.07) is 0. The first-order chi connectivity index (χ1) is 8.59. The molecule has 2 aliphatic rings. The van der Waals surface area contributed by atoms with Crippen LogP contribution in [-0.2, 0) is 18.1 Å². The van der Waals surface area contributed by atoms with Crippen molar-refractivity contribution in [2.45, 2.75) is 34.9 Å². The van der Waals surface area contributed by atoms with Gasteiger partial charge in [0.25, 0.3) is 0 Å². The maximum absolute atomic E-state index is 11.8. The lowest BCUT2D eigenvalue weighted by atomic mass is 9.15. The minimum Gasteiger partial charge on any atom is -0.293 e. The topological polar surface area (TPSA) is 17.1 Å². The van der Waals surface area contributed by atoms with Crippen LogP contribution in [0.1, 0.15) is 32.1 Å². The van der Waals surface area contributed by atoms with E-state index in [1.807, 2.05) is 0 Å². The third-order valence-electron chi connectivity index (χ3n) is 4.26. The Morgan fingerprint density at radius 3 is 2.26 bits per heavy atom. The number of thiophene rings is 1. The molecule has 0 bridgehead atoms. The number of hydrogen-bond donors (Lipinski definition) is 0. The zero-order valence-electron chi connectivity index (χ0n) is 10.4. The van der Waals surface area contributed by atoms with Crippen LogP contribution >= 0.6 is 11.3 Å². The summed E-state index contributed by atoms with van der Waals surface area (Å²) in [6.07, 6.45) is 1.36. The van der Waals surface area contributed by atoms with E-state index in [-0.39, 0.29) is 12.2 Å².